The van der Waals surface area contributed by atoms with Crippen LogP contribution in [-0.2, 0) is 14.8 Å². The molecule has 0 spiro atoms. The van der Waals surface area contributed by atoms with E-state index in [0.29, 0.717) is 36.9 Å². The lowest BCUT2D eigenvalue weighted by atomic mass is 10.3. The Bertz CT molecular complexity index is 889. The number of ether oxygens (including phenoxy) is 1. The first kappa shape index (κ1) is 18.0. The summed E-state index contributed by atoms with van der Waals surface area (Å²) >= 11 is 1.09. The first-order chi connectivity index (χ1) is 11.9. The van der Waals surface area contributed by atoms with Gasteiger partial charge in [0.15, 0.2) is 0 Å². The molecular formula is C16H17FN2O4S2. The van der Waals surface area contributed by atoms with E-state index in [1.165, 1.54) is 28.6 Å². The van der Waals surface area contributed by atoms with Gasteiger partial charge in [-0.1, -0.05) is 6.07 Å². The van der Waals surface area contributed by atoms with E-state index in [1.54, 1.807) is 13.0 Å². The third kappa shape index (κ3) is 3.90. The second-order valence-corrected chi connectivity index (χ2v) is 8.67. The highest BCUT2D eigenvalue weighted by atomic mass is 32.2. The van der Waals surface area contributed by atoms with E-state index in [-0.39, 0.29) is 9.77 Å². The number of hydrogen-bond donors (Lipinski definition) is 1. The van der Waals surface area contributed by atoms with Gasteiger partial charge < -0.3 is 10.1 Å². The van der Waals surface area contributed by atoms with Crippen molar-refractivity contribution >= 4 is 33.0 Å². The Kier molecular flexibility index (Phi) is 5.19. The molecule has 1 aromatic carbocycles. The molecule has 6 nitrogen and oxygen atoms in total. The lowest BCUT2D eigenvalue weighted by molar-refractivity contribution is 0.0730. The van der Waals surface area contributed by atoms with Crippen LogP contribution in [0.25, 0.3) is 0 Å². The summed E-state index contributed by atoms with van der Waals surface area (Å²) in [4.78, 5) is 13.3. The summed E-state index contributed by atoms with van der Waals surface area (Å²) in [5.74, 6) is -0.933. The number of amides is 1. The molecule has 2 heterocycles. The minimum atomic E-state index is -3.66. The number of carbonyl (C=O) groups excluding carboxylic acids is 1. The molecule has 3 rings (SSSR count). The van der Waals surface area contributed by atoms with E-state index in [2.05, 4.69) is 5.32 Å². The van der Waals surface area contributed by atoms with Crippen LogP contribution in [0.15, 0.2) is 35.2 Å². The van der Waals surface area contributed by atoms with Gasteiger partial charge >= 0.3 is 0 Å². The molecule has 1 saturated heterocycles. The molecule has 2 aromatic rings. The molecular weight excluding hydrogens is 367 g/mol. The van der Waals surface area contributed by atoms with Gasteiger partial charge in [-0.05, 0) is 31.2 Å². The number of carbonyl (C=O) groups is 1. The summed E-state index contributed by atoms with van der Waals surface area (Å²) in [6.07, 6.45) is 0. The number of nitrogens with one attached hydrogen (secondary N) is 1. The highest BCUT2D eigenvalue weighted by Crippen LogP contribution is 2.29. The molecule has 134 valence electrons. The third-order valence-corrected chi connectivity index (χ3v) is 6.97. The van der Waals surface area contributed by atoms with Crippen LogP contribution in [0.2, 0.25) is 0 Å². The summed E-state index contributed by atoms with van der Waals surface area (Å²) < 4.78 is 45.2. The van der Waals surface area contributed by atoms with E-state index >= 15 is 0 Å². The molecule has 1 N–H and O–H groups in total. The van der Waals surface area contributed by atoms with E-state index in [1.807, 2.05) is 0 Å². The van der Waals surface area contributed by atoms with Crippen molar-refractivity contribution in [2.75, 3.05) is 31.6 Å². The van der Waals surface area contributed by atoms with Crippen LogP contribution in [0.4, 0.5) is 10.1 Å². The Balaban J connectivity index is 1.83. The van der Waals surface area contributed by atoms with Gasteiger partial charge in [0.2, 0.25) is 10.0 Å². The van der Waals surface area contributed by atoms with Gasteiger partial charge in [-0.25, -0.2) is 12.8 Å². The highest BCUT2D eigenvalue weighted by molar-refractivity contribution is 7.89. The molecule has 1 fully saturated rings. The summed E-state index contributed by atoms with van der Waals surface area (Å²) in [7, 11) is -3.66. The summed E-state index contributed by atoms with van der Waals surface area (Å²) in [5.41, 5.74) is 0.314. The van der Waals surface area contributed by atoms with Crippen molar-refractivity contribution in [3.8, 4) is 0 Å². The number of benzene rings is 1. The van der Waals surface area contributed by atoms with Crippen LogP contribution in [0.1, 0.15) is 14.5 Å². The van der Waals surface area contributed by atoms with E-state index < -0.39 is 21.7 Å². The molecule has 9 heteroatoms. The number of halogens is 1. The highest BCUT2D eigenvalue weighted by Gasteiger charge is 2.30. The first-order valence-corrected chi connectivity index (χ1v) is 9.89. The predicted molar refractivity (Wildman–Crippen MR) is 93.0 cm³/mol. The minimum absolute atomic E-state index is 0.129. The van der Waals surface area contributed by atoms with Gasteiger partial charge in [0.1, 0.15) is 5.82 Å². The number of rotatable bonds is 4. The molecule has 25 heavy (non-hydrogen) atoms. The molecule has 0 bridgehead atoms. The van der Waals surface area contributed by atoms with Crippen LogP contribution < -0.4 is 5.32 Å². The third-order valence-electron chi connectivity index (χ3n) is 3.77. The van der Waals surface area contributed by atoms with Crippen LogP contribution >= 0.6 is 11.3 Å². The molecule has 0 aliphatic carbocycles. The van der Waals surface area contributed by atoms with Gasteiger partial charge in [0.05, 0.1) is 23.0 Å². The van der Waals surface area contributed by atoms with E-state index in [9.17, 15) is 17.6 Å². The second kappa shape index (κ2) is 7.20. The number of morpholine rings is 1. The smallest absolute Gasteiger partial charge is 0.265 e. The number of nitrogens with zero attached hydrogens (tertiary/aromatic N) is 1. The van der Waals surface area contributed by atoms with E-state index in [4.69, 9.17) is 4.74 Å². The standard InChI is InChI=1S/C16H17FN2O4S2/c1-11-15(25(21,22)19-5-7-23-8-6-19)10-14(24-11)16(20)18-13-4-2-3-12(17)9-13/h2-4,9-10H,5-8H2,1H3,(H,18,20). The van der Waals surface area contributed by atoms with Gasteiger partial charge in [0, 0.05) is 23.7 Å². The largest absolute Gasteiger partial charge is 0.379 e. The Morgan fingerprint density at radius 2 is 2.00 bits per heavy atom. The van der Waals surface area contributed by atoms with Gasteiger partial charge in [0.25, 0.3) is 5.91 Å². The van der Waals surface area contributed by atoms with Gasteiger partial charge in [-0.2, -0.15) is 4.31 Å². The molecule has 0 radical (unpaired) electrons. The zero-order valence-corrected chi connectivity index (χ0v) is 15.1. The van der Waals surface area contributed by atoms with Crippen LogP contribution in [-0.4, -0.2) is 44.9 Å². The van der Waals surface area contributed by atoms with Crippen LogP contribution in [0, 0.1) is 12.7 Å². The van der Waals surface area contributed by atoms with Crippen LogP contribution in [0.5, 0.6) is 0 Å². The Hall–Kier alpha value is -1.81. The van der Waals surface area contributed by atoms with Crippen molar-refractivity contribution in [2.45, 2.75) is 11.8 Å². The van der Waals surface area contributed by atoms with Crippen molar-refractivity contribution in [1.29, 1.82) is 0 Å². The average Bonchev–Trinajstić information content (AvgIpc) is 2.98. The SMILES string of the molecule is Cc1sc(C(=O)Nc2cccc(F)c2)cc1S(=O)(=O)N1CCOCC1. The van der Waals surface area contributed by atoms with Gasteiger partial charge in [-0.15, -0.1) is 11.3 Å². The van der Waals surface area contributed by atoms with Crippen molar-refractivity contribution in [3.63, 3.8) is 0 Å². The molecule has 1 aliphatic rings. The molecule has 0 unspecified atom stereocenters. The lowest BCUT2D eigenvalue weighted by Gasteiger charge is -2.25. The Morgan fingerprint density at radius 3 is 2.68 bits per heavy atom. The maximum absolute atomic E-state index is 13.2. The minimum Gasteiger partial charge on any atom is -0.379 e. The topological polar surface area (TPSA) is 75.7 Å². The number of aryl methyl sites for hydroxylation is 1. The number of thiophene rings is 1. The zero-order valence-electron chi connectivity index (χ0n) is 13.5. The first-order valence-electron chi connectivity index (χ1n) is 7.63. The fraction of sp³-hybridized carbons (Fsp3) is 0.312. The summed E-state index contributed by atoms with van der Waals surface area (Å²) in [6, 6.07) is 6.90. The molecule has 1 amide bonds. The summed E-state index contributed by atoms with van der Waals surface area (Å²) in [5, 5.41) is 2.57. The Labute approximate surface area is 149 Å². The van der Waals surface area contributed by atoms with Crippen molar-refractivity contribution < 1.29 is 22.3 Å². The number of hydrogen-bond acceptors (Lipinski definition) is 5. The molecule has 1 aromatic heterocycles. The quantitative estimate of drug-likeness (QED) is 0.879. The fourth-order valence-electron chi connectivity index (χ4n) is 2.52. The maximum Gasteiger partial charge on any atom is 0.265 e. The van der Waals surface area contributed by atoms with Crippen molar-refractivity contribution in [3.05, 3.63) is 45.9 Å². The zero-order chi connectivity index (χ0) is 18.0. The lowest BCUT2D eigenvalue weighted by Crippen LogP contribution is -2.40. The molecule has 0 saturated carbocycles. The molecule has 1 aliphatic heterocycles. The van der Waals surface area contributed by atoms with Gasteiger partial charge in [-0.3, -0.25) is 4.79 Å². The Morgan fingerprint density at radius 1 is 1.28 bits per heavy atom. The van der Waals surface area contributed by atoms with Crippen LogP contribution in [0.3, 0.4) is 0 Å². The van der Waals surface area contributed by atoms with Crippen molar-refractivity contribution in [2.24, 2.45) is 0 Å². The predicted octanol–water partition coefficient (Wildman–Crippen LogP) is 2.47. The fourth-order valence-corrected chi connectivity index (χ4v) is 5.38. The monoisotopic (exact) mass is 384 g/mol. The number of anilines is 1. The normalized spacial score (nSPS) is 15.9. The average molecular weight is 384 g/mol. The maximum atomic E-state index is 13.2. The second-order valence-electron chi connectivity index (χ2n) is 5.51. The summed E-state index contributed by atoms with van der Waals surface area (Å²) in [6.45, 7) is 2.96. The molecule has 0 atom stereocenters. The van der Waals surface area contributed by atoms with Crippen molar-refractivity contribution in [1.82, 2.24) is 4.31 Å². The number of sulfonamides is 1. The van der Waals surface area contributed by atoms with E-state index in [0.717, 1.165) is 11.3 Å².